The van der Waals surface area contributed by atoms with Gasteiger partial charge in [0.25, 0.3) is 0 Å². The lowest BCUT2D eigenvalue weighted by Gasteiger charge is -2.20. The molecular weight excluding hydrogens is 267 g/mol. The molecule has 3 nitrogen and oxygen atoms in total. The Labute approximate surface area is 125 Å². The van der Waals surface area contributed by atoms with Crippen molar-refractivity contribution < 1.29 is 9.13 Å². The maximum absolute atomic E-state index is 13.2. The number of aromatic nitrogens is 1. The van der Waals surface area contributed by atoms with E-state index in [0.717, 1.165) is 5.69 Å². The normalized spacial score (nSPS) is 11.5. The molecule has 2 rings (SSSR count). The molecule has 0 unspecified atom stereocenters. The third-order valence-corrected chi connectivity index (χ3v) is 2.95. The van der Waals surface area contributed by atoms with Crippen LogP contribution >= 0.6 is 0 Å². The average molecular weight is 288 g/mol. The predicted octanol–water partition coefficient (Wildman–Crippen LogP) is 4.21. The van der Waals surface area contributed by atoms with Gasteiger partial charge in [-0.1, -0.05) is 0 Å². The average Bonchev–Trinajstić information content (AvgIpc) is 2.40. The van der Waals surface area contributed by atoms with Gasteiger partial charge in [0.15, 0.2) is 0 Å². The topological polar surface area (TPSA) is 34.1 Å². The Bertz CT molecular complexity index is 620. The minimum atomic E-state index is -0.229. The number of halogens is 1. The van der Waals surface area contributed by atoms with Crippen molar-refractivity contribution in [2.75, 3.05) is 0 Å². The number of nitrogens with zero attached hydrogens (tertiary/aromatic N) is 1. The van der Waals surface area contributed by atoms with Crippen LogP contribution in [0.2, 0.25) is 0 Å². The summed E-state index contributed by atoms with van der Waals surface area (Å²) < 4.78 is 19.0. The Hall–Kier alpha value is -1.94. The zero-order valence-electron chi connectivity index (χ0n) is 12.9. The van der Waals surface area contributed by atoms with Gasteiger partial charge < -0.3 is 10.1 Å². The molecule has 2 aromatic rings. The summed E-state index contributed by atoms with van der Waals surface area (Å²) in [5.74, 6) is 1.09. The van der Waals surface area contributed by atoms with E-state index in [1.54, 1.807) is 31.3 Å². The second kappa shape index (κ2) is 6.22. The molecule has 0 saturated carbocycles. The van der Waals surface area contributed by atoms with E-state index in [2.05, 4.69) is 31.1 Å². The fourth-order valence-electron chi connectivity index (χ4n) is 1.79. The summed E-state index contributed by atoms with van der Waals surface area (Å²) in [6, 6.07) is 8.39. The van der Waals surface area contributed by atoms with E-state index in [4.69, 9.17) is 4.74 Å². The summed E-state index contributed by atoms with van der Waals surface area (Å²) in [5.41, 5.74) is 1.50. The highest BCUT2D eigenvalue weighted by Crippen LogP contribution is 2.23. The van der Waals surface area contributed by atoms with Crippen molar-refractivity contribution in [1.82, 2.24) is 10.3 Å². The van der Waals surface area contributed by atoms with Gasteiger partial charge in [0, 0.05) is 24.3 Å². The first-order valence-electron chi connectivity index (χ1n) is 6.97. The number of benzene rings is 1. The number of hydrogen-bond donors (Lipinski definition) is 1. The van der Waals surface area contributed by atoms with Gasteiger partial charge in [0.1, 0.15) is 17.3 Å². The number of rotatable bonds is 4. The SMILES string of the molecule is Cc1cc(Oc2ccnc(CNC(C)(C)C)c2)ccc1F. The second-order valence-corrected chi connectivity index (χ2v) is 6.10. The van der Waals surface area contributed by atoms with E-state index < -0.39 is 0 Å². The summed E-state index contributed by atoms with van der Waals surface area (Å²) in [5, 5.41) is 3.38. The summed E-state index contributed by atoms with van der Waals surface area (Å²) in [7, 11) is 0. The van der Waals surface area contributed by atoms with Crippen LogP contribution in [0.4, 0.5) is 4.39 Å². The first-order chi connectivity index (χ1) is 9.83. The van der Waals surface area contributed by atoms with Crippen molar-refractivity contribution in [2.45, 2.75) is 39.8 Å². The molecule has 0 atom stereocenters. The summed E-state index contributed by atoms with van der Waals surface area (Å²) in [6.07, 6.45) is 1.71. The highest BCUT2D eigenvalue weighted by atomic mass is 19.1. The molecule has 0 aliphatic rings. The van der Waals surface area contributed by atoms with Gasteiger partial charge >= 0.3 is 0 Å². The van der Waals surface area contributed by atoms with Crippen LogP contribution < -0.4 is 10.1 Å². The molecule has 1 heterocycles. The second-order valence-electron chi connectivity index (χ2n) is 6.10. The quantitative estimate of drug-likeness (QED) is 0.915. The maximum atomic E-state index is 13.2. The van der Waals surface area contributed by atoms with Crippen LogP contribution in [0, 0.1) is 12.7 Å². The van der Waals surface area contributed by atoms with Crippen molar-refractivity contribution in [3.05, 3.63) is 53.6 Å². The summed E-state index contributed by atoms with van der Waals surface area (Å²) >= 11 is 0. The predicted molar refractivity (Wildman–Crippen MR) is 82.0 cm³/mol. The zero-order valence-corrected chi connectivity index (χ0v) is 12.9. The van der Waals surface area contributed by atoms with Crippen molar-refractivity contribution in [2.24, 2.45) is 0 Å². The summed E-state index contributed by atoms with van der Waals surface area (Å²) in [6.45, 7) is 8.70. The molecule has 4 heteroatoms. The first-order valence-corrected chi connectivity index (χ1v) is 6.97. The molecule has 1 aromatic heterocycles. The lowest BCUT2D eigenvalue weighted by molar-refractivity contribution is 0.419. The molecule has 0 fully saturated rings. The van der Waals surface area contributed by atoms with Gasteiger partial charge in [0.2, 0.25) is 0 Å². The van der Waals surface area contributed by atoms with E-state index in [1.165, 1.54) is 6.07 Å². The number of pyridine rings is 1. The van der Waals surface area contributed by atoms with Crippen LogP contribution in [-0.4, -0.2) is 10.5 Å². The van der Waals surface area contributed by atoms with E-state index in [1.807, 2.05) is 6.07 Å². The van der Waals surface area contributed by atoms with Crippen LogP contribution in [-0.2, 0) is 6.54 Å². The van der Waals surface area contributed by atoms with Crippen molar-refractivity contribution in [1.29, 1.82) is 0 Å². The van der Waals surface area contributed by atoms with Gasteiger partial charge in [-0.15, -0.1) is 0 Å². The monoisotopic (exact) mass is 288 g/mol. The third-order valence-electron chi connectivity index (χ3n) is 2.95. The van der Waals surface area contributed by atoms with Crippen molar-refractivity contribution in [3.63, 3.8) is 0 Å². The summed E-state index contributed by atoms with van der Waals surface area (Å²) in [4.78, 5) is 4.31. The van der Waals surface area contributed by atoms with E-state index in [0.29, 0.717) is 23.6 Å². The standard InChI is InChI=1S/C17H21FN2O/c1-12-9-14(5-6-16(12)18)21-15-7-8-19-13(10-15)11-20-17(2,3)4/h5-10,20H,11H2,1-4H3. The Balaban J connectivity index is 2.08. The van der Waals surface area contributed by atoms with E-state index >= 15 is 0 Å². The molecule has 21 heavy (non-hydrogen) atoms. The largest absolute Gasteiger partial charge is 0.457 e. The molecule has 0 bridgehead atoms. The van der Waals surface area contributed by atoms with Crippen LogP contribution in [0.5, 0.6) is 11.5 Å². The first kappa shape index (κ1) is 15.4. The van der Waals surface area contributed by atoms with Crippen LogP contribution in [0.1, 0.15) is 32.0 Å². The van der Waals surface area contributed by atoms with Gasteiger partial charge in [-0.25, -0.2) is 4.39 Å². The van der Waals surface area contributed by atoms with Gasteiger partial charge in [-0.2, -0.15) is 0 Å². The van der Waals surface area contributed by atoms with E-state index in [9.17, 15) is 4.39 Å². The molecule has 0 amide bonds. The number of hydrogen-bond acceptors (Lipinski definition) is 3. The smallest absolute Gasteiger partial charge is 0.130 e. The molecule has 0 aliphatic carbocycles. The molecule has 0 aliphatic heterocycles. The highest BCUT2D eigenvalue weighted by molar-refractivity contribution is 5.34. The Morgan fingerprint density at radius 3 is 2.52 bits per heavy atom. The maximum Gasteiger partial charge on any atom is 0.130 e. The molecule has 1 aromatic carbocycles. The molecule has 0 spiro atoms. The van der Waals surface area contributed by atoms with Crippen LogP contribution in [0.25, 0.3) is 0 Å². The Morgan fingerprint density at radius 1 is 1.14 bits per heavy atom. The molecule has 0 saturated heterocycles. The fourth-order valence-corrected chi connectivity index (χ4v) is 1.79. The van der Waals surface area contributed by atoms with Gasteiger partial charge in [-0.05, 0) is 57.5 Å². The molecule has 1 N–H and O–H groups in total. The number of ether oxygens (including phenoxy) is 1. The van der Waals surface area contributed by atoms with E-state index in [-0.39, 0.29) is 11.4 Å². The van der Waals surface area contributed by atoms with Crippen LogP contribution in [0.15, 0.2) is 36.5 Å². The van der Waals surface area contributed by atoms with Crippen LogP contribution in [0.3, 0.4) is 0 Å². The van der Waals surface area contributed by atoms with Crippen molar-refractivity contribution >= 4 is 0 Å². The molecule has 0 radical (unpaired) electrons. The lowest BCUT2D eigenvalue weighted by atomic mass is 10.1. The number of aryl methyl sites for hydroxylation is 1. The third kappa shape index (κ3) is 4.83. The minimum Gasteiger partial charge on any atom is -0.457 e. The highest BCUT2D eigenvalue weighted by Gasteiger charge is 2.09. The fraction of sp³-hybridized carbons (Fsp3) is 0.353. The Morgan fingerprint density at radius 2 is 1.86 bits per heavy atom. The molecular formula is C17H21FN2O. The van der Waals surface area contributed by atoms with Gasteiger partial charge in [0.05, 0.1) is 5.69 Å². The van der Waals surface area contributed by atoms with Crippen molar-refractivity contribution in [3.8, 4) is 11.5 Å². The minimum absolute atomic E-state index is 0.0343. The zero-order chi connectivity index (χ0) is 15.5. The number of nitrogens with one attached hydrogen (secondary N) is 1. The molecule has 112 valence electrons. The lowest BCUT2D eigenvalue weighted by Crippen LogP contribution is -2.35. The van der Waals surface area contributed by atoms with Gasteiger partial charge in [-0.3, -0.25) is 4.98 Å². The Kier molecular flexibility index (Phi) is 4.58.